The Kier molecular flexibility index (Phi) is 3.86. The third kappa shape index (κ3) is 2.39. The topological polar surface area (TPSA) is 29.5 Å². The van der Waals surface area contributed by atoms with Gasteiger partial charge in [0, 0.05) is 6.92 Å². The Balaban J connectivity index is 5.71. The van der Waals surface area contributed by atoms with Gasteiger partial charge in [0.2, 0.25) is 0 Å². The molecule has 0 heterocycles. The summed E-state index contributed by atoms with van der Waals surface area (Å²) in [5.41, 5.74) is -4.62. The second-order valence-electron chi connectivity index (χ2n) is 3.13. The van der Waals surface area contributed by atoms with Gasteiger partial charge in [-0.1, -0.05) is 0 Å². The molecular weight excluding hydrogens is 244 g/mol. The molecule has 0 aliphatic carbocycles. The van der Waals surface area contributed by atoms with Gasteiger partial charge in [0.15, 0.2) is 0 Å². The molecular formula is C7H9F6NO2. The van der Waals surface area contributed by atoms with Crippen LogP contribution in [0.1, 0.15) is 6.92 Å². The van der Waals surface area contributed by atoms with E-state index in [-0.39, 0.29) is 4.90 Å². The van der Waals surface area contributed by atoms with E-state index in [1.165, 1.54) is 0 Å². The molecule has 0 spiro atoms. The molecule has 96 valence electrons. The van der Waals surface area contributed by atoms with Crippen LogP contribution in [-0.2, 0) is 9.53 Å². The maximum atomic E-state index is 12.4. The highest BCUT2D eigenvalue weighted by molar-refractivity contribution is 5.66. The van der Waals surface area contributed by atoms with E-state index in [1.807, 2.05) is 0 Å². The van der Waals surface area contributed by atoms with E-state index < -0.39 is 24.0 Å². The highest BCUT2D eigenvalue weighted by Crippen LogP contribution is 2.47. The second-order valence-corrected chi connectivity index (χ2v) is 3.13. The van der Waals surface area contributed by atoms with Crippen LogP contribution in [0.3, 0.4) is 0 Å². The number of carbonyl (C=O) groups excluding carboxylic acids is 1. The van der Waals surface area contributed by atoms with Gasteiger partial charge in [0.25, 0.3) is 0 Å². The molecule has 0 amide bonds. The highest BCUT2D eigenvalue weighted by atomic mass is 19.4. The number of alkyl halides is 6. The molecule has 0 N–H and O–H groups in total. The molecule has 3 nitrogen and oxygen atoms in total. The molecule has 0 atom stereocenters. The first kappa shape index (κ1) is 15.0. The number of ether oxygens (including phenoxy) is 1. The van der Waals surface area contributed by atoms with Crippen LogP contribution in [0.5, 0.6) is 0 Å². The Morgan fingerprint density at radius 3 is 1.38 bits per heavy atom. The van der Waals surface area contributed by atoms with Crippen molar-refractivity contribution in [3.05, 3.63) is 0 Å². The molecule has 0 fully saturated rings. The maximum Gasteiger partial charge on any atom is 0.452 e. The van der Waals surface area contributed by atoms with Crippen LogP contribution in [0, 0.1) is 0 Å². The minimum absolute atomic E-state index is 0.242. The van der Waals surface area contributed by atoms with Gasteiger partial charge in [-0.15, -0.1) is 0 Å². The number of hydrogen-bond donors (Lipinski definition) is 0. The Morgan fingerprint density at radius 1 is 1.00 bits per heavy atom. The fraction of sp³-hybridized carbons (Fsp3) is 0.857. The number of rotatable bonds is 2. The summed E-state index contributed by atoms with van der Waals surface area (Å²) in [5, 5.41) is 0. The number of carbonyl (C=O) groups is 1. The minimum atomic E-state index is -5.79. The first-order chi connectivity index (χ1) is 6.86. The molecule has 9 heteroatoms. The molecule has 0 aromatic heterocycles. The zero-order valence-corrected chi connectivity index (χ0v) is 8.53. The van der Waals surface area contributed by atoms with Gasteiger partial charge in [-0.3, -0.25) is 9.69 Å². The van der Waals surface area contributed by atoms with Gasteiger partial charge in [-0.2, -0.15) is 26.3 Å². The summed E-state index contributed by atoms with van der Waals surface area (Å²) in [5.74, 6) is -1.68. The molecule has 0 saturated heterocycles. The van der Waals surface area contributed by atoms with Gasteiger partial charge in [0.1, 0.15) is 0 Å². The molecule has 0 radical (unpaired) electrons. The Labute approximate surface area is 87.0 Å². The van der Waals surface area contributed by atoms with Crippen LogP contribution in [0.2, 0.25) is 0 Å². The SMILES string of the molecule is CC(=O)OC(N(C)C)(C(F)(F)F)C(F)(F)F. The van der Waals surface area contributed by atoms with Crippen molar-refractivity contribution in [1.82, 2.24) is 4.90 Å². The summed E-state index contributed by atoms with van der Waals surface area (Å²) in [6.45, 7) is 0.468. The molecule has 16 heavy (non-hydrogen) atoms. The van der Waals surface area contributed by atoms with E-state index in [9.17, 15) is 31.1 Å². The average Bonchev–Trinajstić information content (AvgIpc) is 1.93. The fourth-order valence-corrected chi connectivity index (χ4v) is 1.08. The van der Waals surface area contributed by atoms with Gasteiger partial charge < -0.3 is 4.74 Å². The van der Waals surface area contributed by atoms with Crippen LogP contribution in [0.25, 0.3) is 0 Å². The quantitative estimate of drug-likeness (QED) is 0.428. The van der Waals surface area contributed by atoms with Gasteiger partial charge >= 0.3 is 24.0 Å². The molecule has 0 aliphatic heterocycles. The molecule has 0 rings (SSSR count). The Hall–Kier alpha value is -0.990. The second kappa shape index (κ2) is 4.11. The summed E-state index contributed by atoms with van der Waals surface area (Å²) >= 11 is 0. The van der Waals surface area contributed by atoms with Crippen molar-refractivity contribution >= 4 is 5.97 Å². The van der Waals surface area contributed by atoms with Crippen molar-refractivity contribution in [2.75, 3.05) is 14.1 Å². The maximum absolute atomic E-state index is 12.4. The van der Waals surface area contributed by atoms with Crippen LogP contribution in [0.15, 0.2) is 0 Å². The largest absolute Gasteiger partial charge is 0.452 e. The van der Waals surface area contributed by atoms with E-state index in [2.05, 4.69) is 4.74 Å². The first-order valence-corrected chi connectivity index (χ1v) is 3.86. The number of esters is 1. The Bertz CT molecular complexity index is 255. The molecule has 0 saturated carbocycles. The van der Waals surface area contributed by atoms with Crippen molar-refractivity contribution in [1.29, 1.82) is 0 Å². The highest BCUT2D eigenvalue weighted by Gasteiger charge is 2.76. The monoisotopic (exact) mass is 253 g/mol. The standard InChI is InChI=1S/C7H9F6NO2/c1-4(15)16-5(14(2)3,6(8,9)10)7(11,12)13/h1-3H3. The van der Waals surface area contributed by atoms with E-state index in [1.54, 1.807) is 0 Å². The molecule has 0 unspecified atom stereocenters. The van der Waals surface area contributed by atoms with E-state index >= 15 is 0 Å². The lowest BCUT2D eigenvalue weighted by Crippen LogP contribution is -2.67. The van der Waals surface area contributed by atoms with Crippen molar-refractivity contribution in [3.63, 3.8) is 0 Å². The lowest BCUT2D eigenvalue weighted by atomic mass is 10.1. The van der Waals surface area contributed by atoms with Crippen molar-refractivity contribution in [2.45, 2.75) is 25.0 Å². The Morgan fingerprint density at radius 2 is 1.31 bits per heavy atom. The van der Waals surface area contributed by atoms with E-state index in [0.717, 1.165) is 0 Å². The van der Waals surface area contributed by atoms with Gasteiger partial charge in [0.05, 0.1) is 0 Å². The normalized spacial score (nSPS) is 14.1. The number of hydrogen-bond acceptors (Lipinski definition) is 3. The van der Waals surface area contributed by atoms with Crippen LogP contribution < -0.4 is 0 Å². The van der Waals surface area contributed by atoms with Crippen molar-refractivity contribution < 1.29 is 35.9 Å². The van der Waals surface area contributed by atoms with Crippen LogP contribution >= 0.6 is 0 Å². The summed E-state index contributed by atoms with van der Waals surface area (Å²) in [4.78, 5) is 10.2. The summed E-state index contributed by atoms with van der Waals surface area (Å²) in [6.07, 6.45) is -11.6. The lowest BCUT2D eigenvalue weighted by molar-refractivity contribution is -0.409. The zero-order valence-electron chi connectivity index (χ0n) is 8.53. The summed E-state index contributed by atoms with van der Waals surface area (Å²) < 4.78 is 78.1. The fourth-order valence-electron chi connectivity index (χ4n) is 1.08. The smallest absolute Gasteiger partial charge is 0.425 e. The predicted octanol–water partition coefficient (Wildman–Crippen LogP) is 1.93. The molecule has 0 aromatic carbocycles. The van der Waals surface area contributed by atoms with E-state index in [0.29, 0.717) is 21.0 Å². The third-order valence-electron chi connectivity index (χ3n) is 1.69. The van der Waals surface area contributed by atoms with E-state index in [4.69, 9.17) is 0 Å². The number of nitrogens with zero attached hydrogens (tertiary/aromatic N) is 1. The molecule has 0 bridgehead atoms. The van der Waals surface area contributed by atoms with Crippen LogP contribution in [0.4, 0.5) is 26.3 Å². The minimum Gasteiger partial charge on any atom is -0.425 e. The first-order valence-electron chi connectivity index (χ1n) is 3.86. The van der Waals surface area contributed by atoms with Gasteiger partial charge in [-0.25, -0.2) is 0 Å². The molecule has 0 aromatic rings. The van der Waals surface area contributed by atoms with Crippen LogP contribution in [-0.4, -0.2) is 43.0 Å². The zero-order chi connectivity index (χ0) is 13.4. The molecule has 0 aliphatic rings. The summed E-state index contributed by atoms with van der Waals surface area (Å²) in [7, 11) is 1.04. The lowest BCUT2D eigenvalue weighted by Gasteiger charge is -2.40. The predicted molar refractivity (Wildman–Crippen MR) is 40.3 cm³/mol. The van der Waals surface area contributed by atoms with Crippen molar-refractivity contribution in [2.24, 2.45) is 0 Å². The summed E-state index contributed by atoms with van der Waals surface area (Å²) in [6, 6.07) is 0. The average molecular weight is 253 g/mol. The number of halogens is 6. The van der Waals surface area contributed by atoms with Gasteiger partial charge in [-0.05, 0) is 14.1 Å². The van der Waals surface area contributed by atoms with Crippen molar-refractivity contribution in [3.8, 4) is 0 Å². The third-order valence-corrected chi connectivity index (χ3v) is 1.69.